The van der Waals surface area contributed by atoms with Crippen LogP contribution in [0.15, 0.2) is 24.3 Å². The van der Waals surface area contributed by atoms with Crippen molar-refractivity contribution in [2.45, 2.75) is 57.7 Å². The van der Waals surface area contributed by atoms with Gasteiger partial charge in [0.05, 0.1) is 39.0 Å². The number of carboxylic acids is 1. The Morgan fingerprint density at radius 3 is 1.70 bits per heavy atom. The zero-order chi connectivity index (χ0) is 28.1. The Hall–Kier alpha value is -2.39. The summed E-state index contributed by atoms with van der Waals surface area (Å²) in [4.78, 5) is 35.2. The normalized spacial score (nSPS) is 15.8. The summed E-state index contributed by atoms with van der Waals surface area (Å²) in [6, 6.07) is 0. The Kier molecular flexibility index (Phi) is 20.3. The van der Waals surface area contributed by atoms with E-state index in [1.54, 1.807) is 6.92 Å². The lowest BCUT2D eigenvalue weighted by atomic mass is 10.2. The van der Waals surface area contributed by atoms with Gasteiger partial charge in [-0.1, -0.05) is 0 Å². The van der Waals surface area contributed by atoms with Crippen molar-refractivity contribution >= 4 is 17.9 Å². The van der Waals surface area contributed by atoms with Crippen LogP contribution in [0.2, 0.25) is 0 Å². The van der Waals surface area contributed by atoms with Crippen LogP contribution < -0.4 is 0 Å². The van der Waals surface area contributed by atoms with Crippen molar-refractivity contribution < 1.29 is 62.5 Å². The highest BCUT2D eigenvalue weighted by Gasteiger charge is 2.23. The highest BCUT2D eigenvalue weighted by Crippen LogP contribution is 2.11. The molecule has 13 heteroatoms. The van der Waals surface area contributed by atoms with E-state index in [2.05, 4.69) is 0 Å². The molecule has 0 aromatic carbocycles. The third-order valence-electron chi connectivity index (χ3n) is 4.41. The number of aliphatic hydroxyl groups excluding tert-OH is 1. The van der Waals surface area contributed by atoms with Crippen molar-refractivity contribution in [1.29, 1.82) is 0 Å². The van der Waals surface area contributed by atoms with Gasteiger partial charge in [0.2, 0.25) is 0 Å². The van der Waals surface area contributed by atoms with Crippen molar-refractivity contribution in [1.82, 2.24) is 0 Å². The van der Waals surface area contributed by atoms with Gasteiger partial charge in [-0.25, -0.2) is 9.59 Å². The van der Waals surface area contributed by atoms with E-state index in [1.165, 1.54) is 40.2 Å². The van der Waals surface area contributed by atoms with Crippen molar-refractivity contribution in [3.8, 4) is 0 Å². The summed E-state index contributed by atoms with van der Waals surface area (Å²) in [5.74, 6) is -2.61. The summed E-state index contributed by atoms with van der Waals surface area (Å²) in [6.45, 7) is 5.42. The van der Waals surface area contributed by atoms with Gasteiger partial charge in [0, 0.05) is 26.4 Å². The van der Waals surface area contributed by atoms with Crippen molar-refractivity contribution in [3.05, 3.63) is 24.3 Å². The van der Waals surface area contributed by atoms with Gasteiger partial charge in [0.1, 0.15) is 38.0 Å². The van der Waals surface area contributed by atoms with Crippen LogP contribution in [-0.2, 0) is 52.3 Å². The van der Waals surface area contributed by atoms with Crippen LogP contribution in [-0.4, -0.2) is 113 Å². The lowest BCUT2D eigenvalue weighted by Crippen LogP contribution is -2.32. The van der Waals surface area contributed by atoms with Crippen molar-refractivity contribution in [2.75, 3.05) is 54.2 Å². The minimum absolute atomic E-state index is 0.166. The van der Waals surface area contributed by atoms with Gasteiger partial charge >= 0.3 is 17.9 Å². The molecule has 0 aromatic rings. The molecule has 2 N–H and O–H groups in total. The first kappa shape index (κ1) is 34.6. The lowest BCUT2D eigenvalue weighted by Gasteiger charge is -2.23. The first-order chi connectivity index (χ1) is 17.6. The van der Waals surface area contributed by atoms with Crippen molar-refractivity contribution in [3.63, 3.8) is 0 Å². The minimum Gasteiger partial charge on any atom is -0.478 e. The van der Waals surface area contributed by atoms with Crippen LogP contribution in [0.5, 0.6) is 0 Å². The van der Waals surface area contributed by atoms with Gasteiger partial charge in [-0.2, -0.15) is 0 Å². The standard InChI is InChI=1S/C24H40O13/c1-17(25)14-24(29)37-19(3)21(35-16-33-13-11-31-5)7-9-23(28)36-18(2)20(6-8-22(26)27)34-15-32-12-10-30-4/h6-9,17-21,25H,10-16H2,1-5H3,(H,26,27)/b8-6+,9-7+/t17-,18?,19-,20?,21+/m0/s1. The van der Waals surface area contributed by atoms with Crippen LogP contribution in [0.1, 0.15) is 27.2 Å². The van der Waals surface area contributed by atoms with Crippen LogP contribution >= 0.6 is 0 Å². The topological polar surface area (TPSA) is 166 Å². The summed E-state index contributed by atoms with van der Waals surface area (Å²) in [5.41, 5.74) is 0. The summed E-state index contributed by atoms with van der Waals surface area (Å²) in [7, 11) is 3.04. The second kappa shape index (κ2) is 21.7. The molecule has 5 atom stereocenters. The fourth-order valence-electron chi connectivity index (χ4n) is 2.55. The third-order valence-corrected chi connectivity index (χ3v) is 4.41. The van der Waals surface area contributed by atoms with Gasteiger partial charge in [0.15, 0.2) is 0 Å². The molecule has 0 radical (unpaired) electrons. The quantitative estimate of drug-likeness (QED) is 0.0865. The number of carbonyl (C=O) groups is 3. The first-order valence-electron chi connectivity index (χ1n) is 11.6. The number of aliphatic hydroxyl groups is 1. The molecule has 13 nitrogen and oxygen atoms in total. The van der Waals surface area contributed by atoms with Crippen LogP contribution in [0.4, 0.5) is 0 Å². The first-order valence-corrected chi connectivity index (χ1v) is 11.6. The number of esters is 2. The second-order valence-electron chi connectivity index (χ2n) is 7.75. The molecule has 0 heterocycles. The predicted molar refractivity (Wildman–Crippen MR) is 128 cm³/mol. The Morgan fingerprint density at radius 1 is 0.757 bits per heavy atom. The maximum Gasteiger partial charge on any atom is 0.330 e. The van der Waals surface area contributed by atoms with Crippen LogP contribution in [0.25, 0.3) is 0 Å². The highest BCUT2D eigenvalue weighted by molar-refractivity contribution is 5.82. The molecule has 0 bridgehead atoms. The van der Waals surface area contributed by atoms with E-state index < -0.39 is 48.4 Å². The van der Waals surface area contributed by atoms with E-state index >= 15 is 0 Å². The van der Waals surface area contributed by atoms with Gasteiger partial charge in [0.25, 0.3) is 0 Å². The van der Waals surface area contributed by atoms with Crippen LogP contribution in [0, 0.1) is 0 Å². The van der Waals surface area contributed by atoms with E-state index in [4.69, 9.17) is 43.0 Å². The molecule has 0 fully saturated rings. The zero-order valence-electron chi connectivity index (χ0n) is 22.0. The summed E-state index contributed by atoms with van der Waals surface area (Å²) in [6.07, 6.45) is -0.0326. The molecule has 0 aromatic heterocycles. The number of hydrogen-bond donors (Lipinski definition) is 2. The molecule has 0 spiro atoms. The number of rotatable bonds is 22. The molecule has 0 rings (SSSR count). The van der Waals surface area contributed by atoms with Crippen LogP contribution in [0.3, 0.4) is 0 Å². The molecule has 0 aliphatic rings. The summed E-state index contributed by atoms with van der Waals surface area (Å²) in [5, 5.41) is 18.3. The lowest BCUT2D eigenvalue weighted by molar-refractivity contribution is -0.162. The number of ether oxygens (including phenoxy) is 8. The monoisotopic (exact) mass is 536 g/mol. The second-order valence-corrected chi connectivity index (χ2v) is 7.75. The zero-order valence-corrected chi connectivity index (χ0v) is 22.0. The molecular weight excluding hydrogens is 496 g/mol. The largest absolute Gasteiger partial charge is 0.478 e. The fraction of sp³-hybridized carbons (Fsp3) is 0.708. The van der Waals surface area contributed by atoms with E-state index in [0.717, 1.165) is 12.2 Å². The summed E-state index contributed by atoms with van der Waals surface area (Å²) >= 11 is 0. The maximum atomic E-state index is 12.4. The van der Waals surface area contributed by atoms with Gasteiger partial charge in [-0.15, -0.1) is 0 Å². The predicted octanol–water partition coefficient (Wildman–Crippen LogP) is 0.829. The molecular formula is C24H40O13. The number of aliphatic carboxylic acids is 1. The molecule has 214 valence electrons. The van der Waals surface area contributed by atoms with E-state index in [-0.39, 0.29) is 33.2 Å². The van der Waals surface area contributed by atoms with Crippen molar-refractivity contribution in [2.24, 2.45) is 0 Å². The number of carbonyl (C=O) groups excluding carboxylic acids is 2. The molecule has 0 aliphatic heterocycles. The van der Waals surface area contributed by atoms with Gasteiger partial charge in [-0.05, 0) is 32.9 Å². The molecule has 0 amide bonds. The SMILES string of the molecule is COCCOCOC(/C=C/C(=O)O)C(C)OC(=O)/C=C/[C@@H](OCOCCOC)[C@H](C)OC(=O)C[C@H](C)O. The molecule has 37 heavy (non-hydrogen) atoms. The van der Waals surface area contributed by atoms with E-state index in [1.807, 2.05) is 0 Å². The maximum absolute atomic E-state index is 12.4. The highest BCUT2D eigenvalue weighted by atomic mass is 16.7. The minimum atomic E-state index is -1.20. The van der Waals surface area contributed by atoms with E-state index in [0.29, 0.717) is 13.2 Å². The average Bonchev–Trinajstić information content (AvgIpc) is 2.81. The Morgan fingerprint density at radius 2 is 1.24 bits per heavy atom. The number of hydrogen-bond acceptors (Lipinski definition) is 12. The third kappa shape index (κ3) is 19.4. The Bertz CT molecular complexity index is 692. The smallest absolute Gasteiger partial charge is 0.330 e. The van der Waals surface area contributed by atoms with Gasteiger partial charge < -0.3 is 48.1 Å². The molecule has 0 saturated carbocycles. The Labute approximate surface area is 217 Å². The average molecular weight is 537 g/mol. The molecule has 0 aliphatic carbocycles. The molecule has 2 unspecified atom stereocenters. The molecule has 0 saturated heterocycles. The fourth-order valence-corrected chi connectivity index (χ4v) is 2.55. The Balaban J connectivity index is 5.14. The summed E-state index contributed by atoms with van der Waals surface area (Å²) < 4.78 is 41.8. The number of carboxylic acid groups (broad SMARTS) is 1. The number of methoxy groups -OCH3 is 2. The van der Waals surface area contributed by atoms with E-state index in [9.17, 15) is 19.5 Å². The van der Waals surface area contributed by atoms with Gasteiger partial charge in [-0.3, -0.25) is 4.79 Å².